The van der Waals surface area contributed by atoms with Gasteiger partial charge in [0.05, 0.1) is 20.5 Å². The first-order chi connectivity index (χ1) is 10.4. The molecule has 0 saturated heterocycles. The Morgan fingerprint density at radius 3 is 2.36 bits per heavy atom. The van der Waals surface area contributed by atoms with Crippen LogP contribution in [0.15, 0.2) is 47.5 Å². The average molecular weight is 354 g/mol. The molecule has 0 unspecified atom stereocenters. The van der Waals surface area contributed by atoms with Gasteiger partial charge >= 0.3 is 0 Å². The van der Waals surface area contributed by atoms with E-state index in [-0.39, 0.29) is 22.2 Å². The number of hydrogen-bond acceptors (Lipinski definition) is 4. The van der Waals surface area contributed by atoms with Crippen LogP contribution in [0, 0.1) is 0 Å². The van der Waals surface area contributed by atoms with Crippen molar-refractivity contribution in [2.24, 2.45) is 0 Å². The van der Waals surface area contributed by atoms with E-state index in [1.807, 2.05) is 0 Å². The van der Waals surface area contributed by atoms with E-state index < -0.39 is 0 Å². The van der Waals surface area contributed by atoms with Crippen LogP contribution in [0.4, 0.5) is 0 Å². The number of allylic oxidation sites excluding steroid dienone is 1. The fourth-order valence-corrected chi connectivity index (χ4v) is 2.79. The molecule has 0 atom stereocenters. The Balaban J connectivity index is 2.43. The molecule has 1 aromatic heterocycles. The molecule has 1 heterocycles. The zero-order valence-electron chi connectivity index (χ0n) is 12.0. The van der Waals surface area contributed by atoms with Crippen molar-refractivity contribution in [3.8, 4) is 0 Å². The lowest BCUT2D eigenvalue weighted by Gasteiger charge is -2.10. The maximum Gasteiger partial charge on any atom is 0.208 e. The molecule has 0 aliphatic rings. The van der Waals surface area contributed by atoms with Gasteiger partial charge in [-0.25, -0.2) is 0 Å². The number of hydrogen-bond donors (Lipinski definition) is 0. The third-order valence-corrected chi connectivity index (χ3v) is 4.41. The van der Waals surface area contributed by atoms with Gasteiger partial charge in [-0.1, -0.05) is 29.3 Å². The molecule has 0 spiro atoms. The number of halogens is 2. The minimum Gasteiger partial charge on any atom is -0.383 e. The van der Waals surface area contributed by atoms with E-state index in [2.05, 4.69) is 0 Å². The van der Waals surface area contributed by atoms with Gasteiger partial charge in [0, 0.05) is 25.9 Å². The Morgan fingerprint density at radius 1 is 1.09 bits per heavy atom. The largest absolute Gasteiger partial charge is 0.383 e. The summed E-state index contributed by atoms with van der Waals surface area (Å²) >= 11 is 13.1. The standard InChI is InChI=1S/C16H13Cl2NO2S/c1-19(2)9-11(16(21)14-4-3-7-22-14)15(20)10-5-6-12(17)13(18)8-10/h3-9H,1-2H3/b11-9-. The predicted octanol–water partition coefficient (Wildman–Crippen LogP) is 4.57. The van der Waals surface area contributed by atoms with E-state index in [1.165, 1.54) is 23.6 Å². The zero-order chi connectivity index (χ0) is 16.3. The van der Waals surface area contributed by atoms with Crippen LogP contribution in [0.5, 0.6) is 0 Å². The van der Waals surface area contributed by atoms with Crippen molar-refractivity contribution in [1.29, 1.82) is 0 Å². The molecule has 0 fully saturated rings. The summed E-state index contributed by atoms with van der Waals surface area (Å²) in [6.45, 7) is 0. The lowest BCUT2D eigenvalue weighted by molar-refractivity contribution is 0.0962. The summed E-state index contributed by atoms with van der Waals surface area (Å²) in [5.41, 5.74) is 0.415. The van der Waals surface area contributed by atoms with Crippen LogP contribution < -0.4 is 0 Å². The van der Waals surface area contributed by atoms with Crippen LogP contribution in [0.3, 0.4) is 0 Å². The Labute approximate surface area is 142 Å². The second-order valence-corrected chi connectivity index (χ2v) is 6.53. The van der Waals surface area contributed by atoms with E-state index >= 15 is 0 Å². The second kappa shape index (κ2) is 7.09. The third kappa shape index (κ3) is 3.77. The molecule has 2 aromatic rings. The summed E-state index contributed by atoms with van der Waals surface area (Å²) in [6.07, 6.45) is 1.52. The van der Waals surface area contributed by atoms with Gasteiger partial charge in [0.25, 0.3) is 0 Å². The number of carbonyl (C=O) groups excluding carboxylic acids is 2. The second-order valence-electron chi connectivity index (χ2n) is 4.77. The van der Waals surface area contributed by atoms with Gasteiger partial charge < -0.3 is 4.90 Å². The van der Waals surface area contributed by atoms with Crippen molar-refractivity contribution in [1.82, 2.24) is 4.90 Å². The maximum atomic E-state index is 12.7. The minimum atomic E-state index is -0.384. The van der Waals surface area contributed by atoms with E-state index in [4.69, 9.17) is 23.2 Å². The van der Waals surface area contributed by atoms with E-state index in [1.54, 1.807) is 48.6 Å². The SMILES string of the molecule is CN(C)/C=C(/C(=O)c1ccc(Cl)c(Cl)c1)C(=O)c1cccs1. The highest BCUT2D eigenvalue weighted by Crippen LogP contribution is 2.25. The Kier molecular flexibility index (Phi) is 5.40. The number of carbonyl (C=O) groups is 2. The van der Waals surface area contributed by atoms with Crippen molar-refractivity contribution in [3.63, 3.8) is 0 Å². The minimum absolute atomic E-state index is 0.0887. The molecule has 2 rings (SSSR count). The molecular formula is C16H13Cl2NO2S. The molecule has 0 aliphatic heterocycles. The molecule has 0 saturated carbocycles. The Hall–Kier alpha value is -1.62. The third-order valence-electron chi connectivity index (χ3n) is 2.80. The first-order valence-corrected chi connectivity index (χ1v) is 8.00. The van der Waals surface area contributed by atoms with Crippen molar-refractivity contribution in [2.75, 3.05) is 14.1 Å². The summed E-state index contributed by atoms with van der Waals surface area (Å²) in [6, 6.07) is 8.03. The van der Waals surface area contributed by atoms with Gasteiger partial charge in [-0.3, -0.25) is 9.59 Å². The predicted molar refractivity (Wildman–Crippen MR) is 91.2 cm³/mol. The van der Waals surface area contributed by atoms with Gasteiger partial charge in [-0.2, -0.15) is 0 Å². The monoisotopic (exact) mass is 353 g/mol. The molecular weight excluding hydrogens is 341 g/mol. The molecule has 0 radical (unpaired) electrons. The summed E-state index contributed by atoms with van der Waals surface area (Å²) < 4.78 is 0. The van der Waals surface area contributed by atoms with Crippen molar-refractivity contribution in [3.05, 3.63) is 68.0 Å². The van der Waals surface area contributed by atoms with E-state index in [9.17, 15) is 9.59 Å². The topological polar surface area (TPSA) is 37.4 Å². The summed E-state index contributed by atoms with van der Waals surface area (Å²) in [5.74, 6) is -0.689. The Morgan fingerprint density at radius 2 is 1.82 bits per heavy atom. The molecule has 22 heavy (non-hydrogen) atoms. The molecule has 114 valence electrons. The number of rotatable bonds is 5. The van der Waals surface area contributed by atoms with Gasteiger partial charge in [0.1, 0.15) is 0 Å². The lowest BCUT2D eigenvalue weighted by atomic mass is 10.00. The van der Waals surface area contributed by atoms with Crippen LogP contribution in [0.25, 0.3) is 0 Å². The molecule has 1 aromatic carbocycles. The van der Waals surface area contributed by atoms with Gasteiger partial charge in [0.15, 0.2) is 5.78 Å². The highest BCUT2D eigenvalue weighted by Gasteiger charge is 2.23. The average Bonchev–Trinajstić information content (AvgIpc) is 3.00. The van der Waals surface area contributed by atoms with Crippen LogP contribution in [0.2, 0.25) is 10.0 Å². The van der Waals surface area contributed by atoms with Crippen LogP contribution >= 0.6 is 34.5 Å². The number of benzene rings is 1. The lowest BCUT2D eigenvalue weighted by Crippen LogP contribution is -2.17. The summed E-state index contributed by atoms with van der Waals surface area (Å²) in [5, 5.41) is 2.44. The Bertz CT molecular complexity index is 737. The van der Waals surface area contributed by atoms with Crippen LogP contribution in [-0.4, -0.2) is 30.6 Å². The van der Waals surface area contributed by atoms with Crippen molar-refractivity contribution < 1.29 is 9.59 Å². The fourth-order valence-electron chi connectivity index (χ4n) is 1.81. The molecule has 0 aliphatic carbocycles. The first kappa shape index (κ1) is 16.7. The van der Waals surface area contributed by atoms with Crippen LogP contribution in [0.1, 0.15) is 20.0 Å². The summed E-state index contributed by atoms with van der Waals surface area (Å²) in [7, 11) is 3.51. The quantitative estimate of drug-likeness (QED) is 0.342. The maximum absolute atomic E-state index is 12.7. The van der Waals surface area contributed by atoms with Gasteiger partial charge in [-0.05, 0) is 29.6 Å². The first-order valence-electron chi connectivity index (χ1n) is 6.36. The number of Topliss-reactive ketones (excluding diaryl/α,β-unsaturated/α-hetero) is 2. The fraction of sp³-hybridized carbons (Fsp3) is 0.125. The number of nitrogens with zero attached hydrogens (tertiary/aromatic N) is 1. The number of ketones is 2. The molecule has 6 heteroatoms. The molecule has 0 amide bonds. The molecule has 0 N–H and O–H groups in total. The van der Waals surface area contributed by atoms with Crippen molar-refractivity contribution >= 4 is 46.1 Å². The normalized spacial score (nSPS) is 11.4. The number of thiophene rings is 1. The highest BCUT2D eigenvalue weighted by molar-refractivity contribution is 7.12. The highest BCUT2D eigenvalue weighted by atomic mass is 35.5. The van der Waals surface area contributed by atoms with Crippen LogP contribution in [-0.2, 0) is 0 Å². The van der Waals surface area contributed by atoms with E-state index in [0.29, 0.717) is 15.5 Å². The van der Waals surface area contributed by atoms with Gasteiger partial charge in [-0.15, -0.1) is 11.3 Å². The summed E-state index contributed by atoms with van der Waals surface area (Å²) in [4.78, 5) is 27.4. The van der Waals surface area contributed by atoms with E-state index in [0.717, 1.165) is 0 Å². The van der Waals surface area contributed by atoms with Crippen molar-refractivity contribution in [2.45, 2.75) is 0 Å². The zero-order valence-corrected chi connectivity index (χ0v) is 14.3. The smallest absolute Gasteiger partial charge is 0.208 e. The molecule has 3 nitrogen and oxygen atoms in total. The van der Waals surface area contributed by atoms with Gasteiger partial charge in [0.2, 0.25) is 5.78 Å². The molecule has 0 bridgehead atoms.